The lowest BCUT2D eigenvalue weighted by Gasteiger charge is -2.08. The van der Waals surface area contributed by atoms with E-state index in [0.717, 1.165) is 17.7 Å². The summed E-state index contributed by atoms with van der Waals surface area (Å²) in [7, 11) is 1.65. The van der Waals surface area contributed by atoms with Crippen molar-refractivity contribution in [2.75, 3.05) is 20.3 Å². The van der Waals surface area contributed by atoms with Gasteiger partial charge in [0, 0.05) is 20.2 Å². The van der Waals surface area contributed by atoms with Crippen LogP contribution in [0, 0.1) is 0 Å². The number of carbonyl (C=O) groups is 1. The van der Waals surface area contributed by atoms with Gasteiger partial charge in [-0.15, -0.1) is 0 Å². The molecule has 0 saturated carbocycles. The van der Waals surface area contributed by atoms with E-state index >= 15 is 0 Å². The maximum absolute atomic E-state index is 10.7. The minimum atomic E-state index is -0.802. The molecule has 0 spiro atoms. The largest absolute Gasteiger partial charge is 0.481 e. The van der Waals surface area contributed by atoms with Gasteiger partial charge in [0.05, 0.1) is 13.0 Å². The molecule has 0 saturated heterocycles. The highest BCUT2D eigenvalue weighted by Crippen LogP contribution is 2.09. The average molecular weight is 223 g/mol. The lowest BCUT2D eigenvalue weighted by atomic mass is 10.0. The number of carboxylic acid groups (broad SMARTS) is 1. The second-order valence-corrected chi connectivity index (χ2v) is 3.51. The Bertz CT molecular complexity index is 339. The Kier molecular flexibility index (Phi) is 5.53. The second kappa shape index (κ2) is 6.98. The maximum atomic E-state index is 10.7. The molecule has 0 aliphatic heterocycles. The Labute approximate surface area is 95.2 Å². The van der Waals surface area contributed by atoms with Gasteiger partial charge in [0.15, 0.2) is 0 Å². The second-order valence-electron chi connectivity index (χ2n) is 3.51. The van der Waals surface area contributed by atoms with Crippen molar-refractivity contribution in [2.24, 2.45) is 0 Å². The van der Waals surface area contributed by atoms with E-state index in [1.807, 2.05) is 24.3 Å². The minimum absolute atomic E-state index is 0.0716. The molecular formula is C12H17NO3. The molecule has 2 N–H and O–H groups in total. The Hall–Kier alpha value is -1.39. The monoisotopic (exact) mass is 223 g/mol. The summed E-state index contributed by atoms with van der Waals surface area (Å²) in [6, 6.07) is 7.56. The number of hydrogen-bond acceptors (Lipinski definition) is 3. The van der Waals surface area contributed by atoms with Gasteiger partial charge >= 0.3 is 5.97 Å². The molecule has 0 heterocycles. The Morgan fingerprint density at radius 3 is 2.69 bits per heavy atom. The van der Waals surface area contributed by atoms with Crippen LogP contribution in [0.5, 0.6) is 0 Å². The summed E-state index contributed by atoms with van der Waals surface area (Å²) in [5.74, 6) is -0.802. The van der Waals surface area contributed by atoms with E-state index in [1.165, 1.54) is 0 Å². The number of hydrogen-bond donors (Lipinski definition) is 2. The van der Waals surface area contributed by atoms with Crippen molar-refractivity contribution < 1.29 is 14.6 Å². The molecule has 1 rings (SSSR count). The zero-order valence-electron chi connectivity index (χ0n) is 9.40. The van der Waals surface area contributed by atoms with Crippen LogP contribution in [0.4, 0.5) is 0 Å². The molecule has 0 aliphatic carbocycles. The van der Waals surface area contributed by atoms with Crippen LogP contribution < -0.4 is 5.32 Å². The molecule has 1 aromatic carbocycles. The van der Waals surface area contributed by atoms with Gasteiger partial charge in [-0.2, -0.15) is 0 Å². The highest BCUT2D eigenvalue weighted by atomic mass is 16.5. The topological polar surface area (TPSA) is 58.6 Å². The van der Waals surface area contributed by atoms with Crippen molar-refractivity contribution in [1.82, 2.24) is 5.32 Å². The molecular weight excluding hydrogens is 206 g/mol. The van der Waals surface area contributed by atoms with Crippen LogP contribution in [0.25, 0.3) is 0 Å². The third kappa shape index (κ3) is 4.42. The predicted molar refractivity (Wildman–Crippen MR) is 61.4 cm³/mol. The first kappa shape index (κ1) is 12.7. The van der Waals surface area contributed by atoms with E-state index in [-0.39, 0.29) is 6.42 Å². The molecule has 0 unspecified atom stereocenters. The fourth-order valence-electron chi connectivity index (χ4n) is 1.46. The van der Waals surface area contributed by atoms with Crippen LogP contribution in [-0.4, -0.2) is 31.3 Å². The van der Waals surface area contributed by atoms with Gasteiger partial charge in [0.1, 0.15) is 0 Å². The number of methoxy groups -OCH3 is 1. The van der Waals surface area contributed by atoms with Crippen molar-refractivity contribution in [1.29, 1.82) is 0 Å². The molecule has 0 radical (unpaired) electrons. The summed E-state index contributed by atoms with van der Waals surface area (Å²) < 4.78 is 4.92. The molecule has 0 aliphatic rings. The van der Waals surface area contributed by atoms with E-state index in [9.17, 15) is 4.79 Å². The third-order valence-corrected chi connectivity index (χ3v) is 2.26. The normalized spacial score (nSPS) is 10.3. The highest BCUT2D eigenvalue weighted by molar-refractivity contribution is 5.70. The summed E-state index contributed by atoms with van der Waals surface area (Å²) >= 11 is 0. The molecule has 16 heavy (non-hydrogen) atoms. The summed E-state index contributed by atoms with van der Waals surface area (Å²) in [6.07, 6.45) is 0.0716. The minimum Gasteiger partial charge on any atom is -0.481 e. The third-order valence-electron chi connectivity index (χ3n) is 2.26. The quantitative estimate of drug-likeness (QED) is 0.678. The first-order valence-electron chi connectivity index (χ1n) is 5.22. The van der Waals surface area contributed by atoms with Gasteiger partial charge in [-0.25, -0.2) is 0 Å². The molecule has 0 amide bonds. The highest BCUT2D eigenvalue weighted by Gasteiger charge is 2.05. The molecule has 0 aromatic heterocycles. The summed E-state index contributed by atoms with van der Waals surface area (Å²) in [5, 5.41) is 12.0. The number of benzene rings is 1. The van der Waals surface area contributed by atoms with Crippen LogP contribution in [0.15, 0.2) is 24.3 Å². The number of aliphatic carboxylic acids is 1. The summed E-state index contributed by atoms with van der Waals surface area (Å²) in [4.78, 5) is 10.7. The van der Waals surface area contributed by atoms with Crippen molar-refractivity contribution in [3.05, 3.63) is 35.4 Å². The van der Waals surface area contributed by atoms with E-state index in [1.54, 1.807) is 7.11 Å². The number of carboxylic acids is 1. The molecule has 0 fully saturated rings. The fraction of sp³-hybridized carbons (Fsp3) is 0.417. The first-order valence-corrected chi connectivity index (χ1v) is 5.22. The summed E-state index contributed by atoms with van der Waals surface area (Å²) in [5.41, 5.74) is 1.89. The Morgan fingerprint density at radius 1 is 1.38 bits per heavy atom. The molecule has 1 aromatic rings. The van der Waals surface area contributed by atoms with Gasteiger partial charge in [0.2, 0.25) is 0 Å². The van der Waals surface area contributed by atoms with Crippen molar-refractivity contribution in [3.63, 3.8) is 0 Å². The molecule has 0 atom stereocenters. The first-order chi connectivity index (χ1) is 7.74. The van der Waals surface area contributed by atoms with Gasteiger partial charge in [-0.3, -0.25) is 4.79 Å². The standard InChI is InChI=1S/C12H17NO3/c1-16-7-6-13-9-11-5-3-2-4-10(11)8-12(14)15/h2-5,13H,6-9H2,1H3,(H,14,15). The van der Waals surface area contributed by atoms with E-state index in [0.29, 0.717) is 13.2 Å². The Balaban J connectivity index is 2.53. The molecule has 4 heteroatoms. The summed E-state index contributed by atoms with van der Waals surface area (Å²) in [6.45, 7) is 2.09. The SMILES string of the molecule is COCCNCc1ccccc1CC(=O)O. The zero-order valence-corrected chi connectivity index (χ0v) is 9.40. The van der Waals surface area contributed by atoms with Gasteiger partial charge in [0.25, 0.3) is 0 Å². The van der Waals surface area contributed by atoms with Crippen LogP contribution in [0.3, 0.4) is 0 Å². The van der Waals surface area contributed by atoms with Crippen LogP contribution in [0.2, 0.25) is 0 Å². The van der Waals surface area contributed by atoms with Crippen LogP contribution in [0.1, 0.15) is 11.1 Å². The smallest absolute Gasteiger partial charge is 0.307 e. The van der Waals surface area contributed by atoms with E-state index in [2.05, 4.69) is 5.32 Å². The number of rotatable bonds is 7. The zero-order chi connectivity index (χ0) is 11.8. The van der Waals surface area contributed by atoms with Gasteiger partial charge in [-0.1, -0.05) is 24.3 Å². The molecule has 0 bridgehead atoms. The van der Waals surface area contributed by atoms with Gasteiger partial charge < -0.3 is 15.2 Å². The Morgan fingerprint density at radius 2 is 2.06 bits per heavy atom. The molecule has 4 nitrogen and oxygen atoms in total. The average Bonchev–Trinajstić information content (AvgIpc) is 2.26. The lowest BCUT2D eigenvalue weighted by molar-refractivity contribution is -0.136. The maximum Gasteiger partial charge on any atom is 0.307 e. The van der Waals surface area contributed by atoms with Crippen LogP contribution >= 0.6 is 0 Å². The van der Waals surface area contributed by atoms with Gasteiger partial charge in [-0.05, 0) is 11.1 Å². The fourth-order valence-corrected chi connectivity index (χ4v) is 1.46. The van der Waals surface area contributed by atoms with E-state index < -0.39 is 5.97 Å². The molecule has 88 valence electrons. The van der Waals surface area contributed by atoms with Crippen molar-refractivity contribution in [2.45, 2.75) is 13.0 Å². The van der Waals surface area contributed by atoms with Crippen molar-refractivity contribution >= 4 is 5.97 Å². The number of nitrogens with one attached hydrogen (secondary N) is 1. The van der Waals surface area contributed by atoms with Crippen LogP contribution in [-0.2, 0) is 22.5 Å². The number of ether oxygens (including phenoxy) is 1. The van der Waals surface area contributed by atoms with Crippen molar-refractivity contribution in [3.8, 4) is 0 Å². The van der Waals surface area contributed by atoms with E-state index in [4.69, 9.17) is 9.84 Å². The predicted octanol–water partition coefficient (Wildman–Crippen LogP) is 1.05. The lowest BCUT2D eigenvalue weighted by Crippen LogP contribution is -2.19.